The molecular weight excluding hydrogens is 192 g/mol. The van der Waals surface area contributed by atoms with E-state index in [0.29, 0.717) is 6.42 Å². The van der Waals surface area contributed by atoms with Crippen LogP contribution in [0, 0.1) is 0 Å². The van der Waals surface area contributed by atoms with Crippen molar-refractivity contribution in [3.63, 3.8) is 0 Å². The van der Waals surface area contributed by atoms with Crippen LogP contribution in [0.5, 0.6) is 0 Å². The van der Waals surface area contributed by atoms with Gasteiger partial charge in [-0.3, -0.25) is 4.79 Å². The van der Waals surface area contributed by atoms with Crippen LogP contribution < -0.4 is 0 Å². The lowest BCUT2D eigenvalue weighted by molar-refractivity contribution is 0.0979. The molecular formula is C12H12OS. The van der Waals surface area contributed by atoms with Gasteiger partial charge in [-0.1, -0.05) is 30.4 Å². The smallest absolute Gasteiger partial charge is 0.165 e. The summed E-state index contributed by atoms with van der Waals surface area (Å²) in [6, 6.07) is 7.80. The van der Waals surface area contributed by atoms with Crippen molar-refractivity contribution in [3.05, 3.63) is 42.0 Å². The van der Waals surface area contributed by atoms with Gasteiger partial charge in [0.2, 0.25) is 0 Å². The average Bonchev–Trinajstić information content (AvgIpc) is 2.17. The molecule has 1 aromatic rings. The van der Waals surface area contributed by atoms with E-state index in [1.807, 2.05) is 31.2 Å². The summed E-state index contributed by atoms with van der Waals surface area (Å²) in [4.78, 5) is 12.8. The quantitative estimate of drug-likeness (QED) is 0.653. The Bertz CT molecular complexity index is 395. The van der Waals surface area contributed by atoms with Crippen LogP contribution in [-0.4, -0.2) is 11.0 Å². The van der Waals surface area contributed by atoms with Gasteiger partial charge in [0, 0.05) is 22.1 Å². The molecule has 0 N–H and O–H groups in total. The number of hydrogen-bond acceptors (Lipinski definition) is 2. The Morgan fingerprint density at radius 1 is 1.50 bits per heavy atom. The van der Waals surface area contributed by atoms with Crippen molar-refractivity contribution in [1.82, 2.24) is 0 Å². The number of fused-ring (bicyclic) bond motifs is 1. The van der Waals surface area contributed by atoms with Crippen LogP contribution in [-0.2, 0) is 0 Å². The lowest BCUT2D eigenvalue weighted by Crippen LogP contribution is -2.17. The molecule has 1 unspecified atom stereocenters. The highest BCUT2D eigenvalue weighted by atomic mass is 32.2. The second-order valence-corrected chi connectivity index (χ2v) is 4.82. The van der Waals surface area contributed by atoms with Crippen LogP contribution >= 0.6 is 11.8 Å². The van der Waals surface area contributed by atoms with Crippen molar-refractivity contribution >= 4 is 17.5 Å². The minimum atomic E-state index is 0.243. The molecule has 0 fully saturated rings. The zero-order valence-corrected chi connectivity index (χ0v) is 8.93. The molecule has 1 heterocycles. The van der Waals surface area contributed by atoms with Gasteiger partial charge >= 0.3 is 0 Å². The summed E-state index contributed by atoms with van der Waals surface area (Å²) in [5.74, 6) is 0.243. The van der Waals surface area contributed by atoms with Gasteiger partial charge in [0.15, 0.2) is 5.78 Å². The number of benzene rings is 1. The Hall–Kier alpha value is -1.02. The highest BCUT2D eigenvalue weighted by Crippen LogP contribution is 2.37. The molecule has 2 heteroatoms. The molecule has 0 saturated carbocycles. The predicted molar refractivity (Wildman–Crippen MR) is 59.8 cm³/mol. The number of ketones is 1. The Morgan fingerprint density at radius 2 is 2.21 bits per heavy atom. The number of thioether (sulfide) groups is 1. The van der Waals surface area contributed by atoms with E-state index < -0.39 is 0 Å². The Morgan fingerprint density at radius 3 is 2.93 bits per heavy atom. The first-order valence-electron chi connectivity index (χ1n) is 4.63. The van der Waals surface area contributed by atoms with E-state index in [0.717, 1.165) is 16.0 Å². The van der Waals surface area contributed by atoms with Crippen molar-refractivity contribution in [1.29, 1.82) is 0 Å². The monoisotopic (exact) mass is 204 g/mol. The van der Waals surface area contributed by atoms with E-state index in [-0.39, 0.29) is 11.0 Å². The van der Waals surface area contributed by atoms with Crippen molar-refractivity contribution in [2.45, 2.75) is 23.5 Å². The first kappa shape index (κ1) is 9.53. The second-order valence-electron chi connectivity index (χ2n) is 3.58. The number of Topliss-reactive ketones (excluding diaryl/α,β-unsaturated/α-hetero) is 1. The fourth-order valence-electron chi connectivity index (χ4n) is 1.55. The van der Waals surface area contributed by atoms with Crippen molar-refractivity contribution in [2.75, 3.05) is 0 Å². The summed E-state index contributed by atoms with van der Waals surface area (Å²) in [6.45, 7) is 5.90. The summed E-state index contributed by atoms with van der Waals surface area (Å²) in [5, 5.41) is 0.261. The highest BCUT2D eigenvalue weighted by Gasteiger charge is 2.25. The molecule has 72 valence electrons. The van der Waals surface area contributed by atoms with Crippen LogP contribution in [0.15, 0.2) is 41.3 Å². The molecule has 0 bridgehead atoms. The molecule has 0 amide bonds. The van der Waals surface area contributed by atoms with E-state index >= 15 is 0 Å². The fourth-order valence-corrected chi connectivity index (χ4v) is 2.76. The first-order chi connectivity index (χ1) is 6.68. The maximum Gasteiger partial charge on any atom is 0.165 e. The van der Waals surface area contributed by atoms with Crippen molar-refractivity contribution < 1.29 is 4.79 Å². The van der Waals surface area contributed by atoms with Gasteiger partial charge in [0.1, 0.15) is 0 Å². The number of carbonyl (C=O) groups excluding carboxylic acids is 1. The minimum absolute atomic E-state index is 0.243. The van der Waals surface area contributed by atoms with Gasteiger partial charge in [-0.05, 0) is 13.0 Å². The van der Waals surface area contributed by atoms with E-state index in [1.165, 1.54) is 0 Å². The van der Waals surface area contributed by atoms with Gasteiger partial charge in [-0.2, -0.15) is 0 Å². The molecule has 0 aliphatic carbocycles. The second kappa shape index (κ2) is 3.62. The number of carbonyl (C=O) groups is 1. The summed E-state index contributed by atoms with van der Waals surface area (Å²) >= 11 is 1.75. The third kappa shape index (κ3) is 1.62. The maximum atomic E-state index is 11.7. The largest absolute Gasteiger partial charge is 0.294 e. The van der Waals surface area contributed by atoms with Gasteiger partial charge < -0.3 is 0 Å². The molecule has 0 radical (unpaired) electrons. The molecule has 1 aromatic carbocycles. The van der Waals surface area contributed by atoms with Crippen LogP contribution in [0.25, 0.3) is 0 Å². The molecule has 1 nitrogen and oxygen atoms in total. The predicted octanol–water partition coefficient (Wildman–Crippen LogP) is 3.31. The van der Waals surface area contributed by atoms with Crippen molar-refractivity contribution in [2.24, 2.45) is 0 Å². The highest BCUT2D eigenvalue weighted by molar-refractivity contribution is 8.00. The third-order valence-electron chi connectivity index (χ3n) is 2.38. The molecule has 1 aliphatic rings. The molecule has 0 saturated heterocycles. The van der Waals surface area contributed by atoms with Gasteiger partial charge in [-0.25, -0.2) is 0 Å². The van der Waals surface area contributed by atoms with Crippen molar-refractivity contribution in [3.8, 4) is 0 Å². The summed E-state index contributed by atoms with van der Waals surface area (Å²) in [5.41, 5.74) is 1.95. The standard InChI is InChI=1S/C12H12OS/c1-8(2)12-7-10(13)9-5-3-4-6-11(9)14-12/h3-6,12H,1,7H2,2H3. The van der Waals surface area contributed by atoms with Gasteiger partial charge in [-0.15, -0.1) is 11.8 Å². The van der Waals surface area contributed by atoms with Crippen LogP contribution in [0.3, 0.4) is 0 Å². The molecule has 14 heavy (non-hydrogen) atoms. The topological polar surface area (TPSA) is 17.1 Å². The summed E-state index contributed by atoms with van der Waals surface area (Å²) < 4.78 is 0. The summed E-state index contributed by atoms with van der Waals surface area (Å²) in [6.07, 6.45) is 0.594. The summed E-state index contributed by atoms with van der Waals surface area (Å²) in [7, 11) is 0. The number of rotatable bonds is 1. The third-order valence-corrected chi connectivity index (χ3v) is 3.84. The van der Waals surface area contributed by atoms with Gasteiger partial charge in [0.05, 0.1) is 0 Å². The van der Waals surface area contributed by atoms with Crippen LogP contribution in [0.2, 0.25) is 0 Å². The normalized spacial score (nSPS) is 20.4. The average molecular weight is 204 g/mol. The molecule has 0 spiro atoms. The Kier molecular flexibility index (Phi) is 2.46. The first-order valence-corrected chi connectivity index (χ1v) is 5.50. The molecule has 1 aliphatic heterocycles. The van der Waals surface area contributed by atoms with E-state index in [2.05, 4.69) is 6.58 Å². The minimum Gasteiger partial charge on any atom is -0.294 e. The molecule has 0 aromatic heterocycles. The number of hydrogen-bond donors (Lipinski definition) is 0. The Labute approximate surface area is 88.2 Å². The fraction of sp³-hybridized carbons (Fsp3) is 0.250. The lowest BCUT2D eigenvalue weighted by Gasteiger charge is -2.22. The molecule has 1 atom stereocenters. The van der Waals surface area contributed by atoms with E-state index in [9.17, 15) is 4.79 Å². The van der Waals surface area contributed by atoms with Crippen LogP contribution in [0.4, 0.5) is 0 Å². The van der Waals surface area contributed by atoms with E-state index in [4.69, 9.17) is 0 Å². The zero-order chi connectivity index (χ0) is 10.1. The molecule has 2 rings (SSSR count). The lowest BCUT2D eigenvalue weighted by atomic mass is 10.0. The van der Waals surface area contributed by atoms with Crippen LogP contribution in [0.1, 0.15) is 23.7 Å². The maximum absolute atomic E-state index is 11.7. The Balaban J connectivity index is 2.38. The SMILES string of the molecule is C=C(C)C1CC(=O)c2ccccc2S1. The zero-order valence-electron chi connectivity index (χ0n) is 8.12. The van der Waals surface area contributed by atoms with E-state index in [1.54, 1.807) is 11.8 Å². The van der Waals surface area contributed by atoms with Gasteiger partial charge in [0.25, 0.3) is 0 Å².